The van der Waals surface area contributed by atoms with Crippen molar-refractivity contribution in [2.75, 3.05) is 11.5 Å². The van der Waals surface area contributed by atoms with Gasteiger partial charge in [0.25, 0.3) is 0 Å². The molecule has 180 valence electrons. The van der Waals surface area contributed by atoms with E-state index in [0.717, 1.165) is 12.8 Å². The third kappa shape index (κ3) is 9.01. The van der Waals surface area contributed by atoms with Gasteiger partial charge < -0.3 is 10.2 Å². The molecule has 0 saturated carbocycles. The number of hydrogen-bond acceptors (Lipinski definition) is 4. The van der Waals surface area contributed by atoms with Crippen LogP contribution in [0, 0.1) is 0 Å². The normalized spacial score (nSPS) is 16.7. The molecule has 0 fully saturated rings. The average molecular weight is 481 g/mol. The molecule has 2 N–H and O–H groups in total. The number of unbranched alkanes of at least 4 members (excludes halogenated alkanes) is 8. The van der Waals surface area contributed by atoms with Gasteiger partial charge in [0.15, 0.2) is 0 Å². The van der Waals surface area contributed by atoms with Crippen LogP contribution >= 0.6 is 23.5 Å². The van der Waals surface area contributed by atoms with Crippen LogP contribution in [0.15, 0.2) is 24.3 Å². The first-order valence-corrected chi connectivity index (χ1v) is 14.3. The lowest BCUT2D eigenvalue weighted by atomic mass is 9.94. The van der Waals surface area contributed by atoms with Gasteiger partial charge in [-0.15, -0.1) is 23.5 Å². The Hall–Kier alpha value is -1.14. The summed E-state index contributed by atoms with van der Waals surface area (Å²) in [6.07, 6.45) is 14.3. The van der Waals surface area contributed by atoms with Gasteiger partial charge in [-0.3, -0.25) is 9.59 Å². The van der Waals surface area contributed by atoms with Gasteiger partial charge in [0.05, 0.1) is 16.9 Å². The second-order valence-electron chi connectivity index (χ2n) is 8.84. The largest absolute Gasteiger partial charge is 0.481 e. The molecule has 0 saturated heterocycles. The van der Waals surface area contributed by atoms with Crippen molar-refractivity contribution in [3.63, 3.8) is 0 Å². The van der Waals surface area contributed by atoms with Crippen molar-refractivity contribution in [2.45, 2.75) is 100 Å². The molecule has 0 spiro atoms. The van der Waals surface area contributed by atoms with Crippen LogP contribution in [0.3, 0.4) is 0 Å². The van der Waals surface area contributed by atoms with Gasteiger partial charge in [0, 0.05) is 11.5 Å². The van der Waals surface area contributed by atoms with Crippen LogP contribution in [0.1, 0.15) is 107 Å². The fourth-order valence-corrected chi connectivity index (χ4v) is 7.99. The lowest BCUT2D eigenvalue weighted by molar-refractivity contribution is -0.137. The molecule has 0 amide bonds. The van der Waals surface area contributed by atoms with E-state index in [0.29, 0.717) is 17.4 Å². The molecule has 0 heterocycles. The Morgan fingerprint density at radius 1 is 0.875 bits per heavy atom. The topological polar surface area (TPSA) is 74.6 Å². The monoisotopic (exact) mass is 480 g/mol. The maximum atomic E-state index is 11.1. The van der Waals surface area contributed by atoms with Gasteiger partial charge in [-0.2, -0.15) is 0 Å². The Kier molecular flexibility index (Phi) is 12.6. The molecule has 0 aromatic heterocycles. The van der Waals surface area contributed by atoms with Crippen LogP contribution in [0.25, 0.3) is 0 Å². The van der Waals surface area contributed by atoms with Gasteiger partial charge in [-0.05, 0) is 29.9 Å². The summed E-state index contributed by atoms with van der Waals surface area (Å²) in [5, 5.41) is 18.2. The molecule has 1 atom stereocenters. The third-order valence-electron chi connectivity index (χ3n) is 6.28. The molecule has 1 aromatic carbocycles. The summed E-state index contributed by atoms with van der Waals surface area (Å²) in [7, 11) is 0. The first kappa shape index (κ1) is 27.1. The van der Waals surface area contributed by atoms with E-state index in [1.165, 1.54) is 68.9 Å². The van der Waals surface area contributed by atoms with E-state index in [1.54, 1.807) is 23.5 Å². The predicted octanol–water partition coefficient (Wildman–Crippen LogP) is 7.66. The maximum Gasteiger partial charge on any atom is 0.304 e. The summed E-state index contributed by atoms with van der Waals surface area (Å²) in [5.41, 5.74) is 2.67. The van der Waals surface area contributed by atoms with Crippen LogP contribution < -0.4 is 0 Å². The first-order valence-electron chi connectivity index (χ1n) is 12.3. The molecule has 0 aliphatic heterocycles. The van der Waals surface area contributed by atoms with Crippen LogP contribution in [0.4, 0.5) is 0 Å². The van der Waals surface area contributed by atoms with Crippen molar-refractivity contribution in [1.29, 1.82) is 0 Å². The van der Waals surface area contributed by atoms with E-state index in [-0.39, 0.29) is 16.9 Å². The molecular weight excluding hydrogens is 440 g/mol. The van der Waals surface area contributed by atoms with Crippen LogP contribution in [0.5, 0.6) is 0 Å². The highest BCUT2D eigenvalue weighted by Crippen LogP contribution is 2.60. The SMILES string of the molecule is CCCCCCCCCCC[C@@H]1CC(SCCC(=O)O)(SCCC(=O)O)c2ccccc21. The molecular formula is C26H40O4S2. The molecule has 0 unspecified atom stereocenters. The molecule has 6 heteroatoms. The molecule has 4 nitrogen and oxygen atoms in total. The van der Waals surface area contributed by atoms with Crippen LogP contribution in [0.2, 0.25) is 0 Å². The Morgan fingerprint density at radius 3 is 1.97 bits per heavy atom. The van der Waals surface area contributed by atoms with Crippen LogP contribution in [-0.2, 0) is 13.7 Å². The molecule has 1 aliphatic rings. The summed E-state index contributed by atoms with van der Waals surface area (Å²) in [6.45, 7) is 2.26. The molecule has 2 rings (SSSR count). The number of carboxylic acids is 2. The molecule has 1 aromatic rings. The summed E-state index contributed by atoms with van der Waals surface area (Å²) >= 11 is 3.41. The molecule has 0 bridgehead atoms. The van der Waals surface area contributed by atoms with Crippen molar-refractivity contribution in [2.24, 2.45) is 0 Å². The first-order chi connectivity index (χ1) is 15.5. The minimum absolute atomic E-state index is 0.136. The quantitative estimate of drug-likeness (QED) is 0.166. The molecule has 0 radical (unpaired) electrons. The summed E-state index contributed by atoms with van der Waals surface area (Å²) in [5.74, 6) is 0.0232. The fraction of sp³-hybridized carbons (Fsp3) is 0.692. The minimum Gasteiger partial charge on any atom is -0.481 e. The fourth-order valence-electron chi connectivity index (χ4n) is 4.62. The molecule has 32 heavy (non-hydrogen) atoms. The third-order valence-corrected chi connectivity index (χ3v) is 9.51. The van der Waals surface area contributed by atoms with Gasteiger partial charge >= 0.3 is 11.9 Å². The van der Waals surface area contributed by atoms with Crippen LogP contribution in [-0.4, -0.2) is 33.7 Å². The number of aliphatic carboxylic acids is 2. The van der Waals surface area contributed by atoms with E-state index in [9.17, 15) is 9.59 Å². The maximum absolute atomic E-state index is 11.1. The van der Waals surface area contributed by atoms with E-state index in [4.69, 9.17) is 10.2 Å². The van der Waals surface area contributed by atoms with E-state index in [2.05, 4.69) is 31.2 Å². The van der Waals surface area contributed by atoms with Gasteiger partial charge in [0.1, 0.15) is 0 Å². The van der Waals surface area contributed by atoms with Gasteiger partial charge in [-0.1, -0.05) is 89.0 Å². The summed E-state index contributed by atoms with van der Waals surface area (Å²) in [4.78, 5) is 22.2. The van der Waals surface area contributed by atoms with Crippen molar-refractivity contribution < 1.29 is 19.8 Å². The van der Waals surface area contributed by atoms with E-state index < -0.39 is 11.9 Å². The lowest BCUT2D eigenvalue weighted by Crippen LogP contribution is -2.17. The number of hydrogen-bond donors (Lipinski definition) is 2. The summed E-state index contributed by atoms with van der Waals surface area (Å²) in [6, 6.07) is 8.56. The lowest BCUT2D eigenvalue weighted by Gasteiger charge is -2.30. The predicted molar refractivity (Wildman–Crippen MR) is 137 cm³/mol. The van der Waals surface area contributed by atoms with Gasteiger partial charge in [0.2, 0.25) is 0 Å². The number of benzene rings is 1. The zero-order valence-electron chi connectivity index (χ0n) is 19.5. The number of thioether (sulfide) groups is 2. The number of carboxylic acid groups (broad SMARTS) is 2. The smallest absolute Gasteiger partial charge is 0.304 e. The number of rotatable bonds is 18. The average Bonchev–Trinajstić information content (AvgIpc) is 3.06. The van der Waals surface area contributed by atoms with Gasteiger partial charge in [-0.25, -0.2) is 0 Å². The number of fused-ring (bicyclic) bond motifs is 1. The van der Waals surface area contributed by atoms with Crippen molar-refractivity contribution in [3.8, 4) is 0 Å². The Morgan fingerprint density at radius 2 is 1.41 bits per heavy atom. The highest BCUT2D eigenvalue weighted by atomic mass is 32.2. The Balaban J connectivity index is 1.93. The van der Waals surface area contributed by atoms with E-state index in [1.807, 2.05) is 0 Å². The second-order valence-corrected chi connectivity index (χ2v) is 11.9. The van der Waals surface area contributed by atoms with Crippen molar-refractivity contribution in [1.82, 2.24) is 0 Å². The summed E-state index contributed by atoms with van der Waals surface area (Å²) < 4.78 is -0.231. The van der Waals surface area contributed by atoms with Crippen molar-refractivity contribution >= 4 is 35.5 Å². The zero-order chi connectivity index (χ0) is 23.2. The van der Waals surface area contributed by atoms with E-state index >= 15 is 0 Å². The van der Waals surface area contributed by atoms with Crippen molar-refractivity contribution in [3.05, 3.63) is 35.4 Å². The Labute approximate surface area is 202 Å². The highest BCUT2D eigenvalue weighted by Gasteiger charge is 2.44. The second kappa shape index (κ2) is 14.9. The Bertz CT molecular complexity index is 687. The highest BCUT2D eigenvalue weighted by molar-refractivity contribution is 8.17. The zero-order valence-corrected chi connectivity index (χ0v) is 21.2. The standard InChI is InChI=1S/C26H40O4S2/c1-2-3-4-5-6-7-8-9-10-13-21-20-26(31-18-16-24(27)28,32-19-17-25(29)30)23-15-12-11-14-22(21)23/h11-12,14-15,21H,2-10,13,16-20H2,1H3,(H,27,28)(H,29,30)/t21-/m1/s1. The number of carbonyl (C=O) groups is 2. The minimum atomic E-state index is -0.777. The molecule has 1 aliphatic carbocycles.